The molecule has 0 bridgehead atoms. The van der Waals surface area contributed by atoms with Gasteiger partial charge in [0.05, 0.1) is 0 Å². The van der Waals surface area contributed by atoms with Crippen LogP contribution in [0.3, 0.4) is 0 Å². The number of amides is 1. The highest BCUT2D eigenvalue weighted by molar-refractivity contribution is 5.93. The first kappa shape index (κ1) is 11.3. The van der Waals surface area contributed by atoms with Gasteiger partial charge in [0.15, 0.2) is 0 Å². The van der Waals surface area contributed by atoms with Crippen molar-refractivity contribution in [2.45, 2.75) is 52.5 Å². The van der Waals surface area contributed by atoms with Crippen molar-refractivity contribution in [3.8, 4) is 0 Å². The van der Waals surface area contributed by atoms with Crippen molar-refractivity contribution in [3.63, 3.8) is 0 Å². The van der Waals surface area contributed by atoms with Crippen molar-refractivity contribution in [2.75, 3.05) is 6.54 Å². The van der Waals surface area contributed by atoms with Crippen LogP contribution in [-0.2, 0) is 4.79 Å². The molecular weight excluding hydrogens is 174 g/mol. The number of piperidine rings is 1. The maximum Gasteiger partial charge on any atom is 0.249 e. The molecule has 1 aliphatic rings. The van der Waals surface area contributed by atoms with Crippen LogP contribution in [0.5, 0.6) is 0 Å². The fraction of sp³-hybridized carbons (Fsp3) is 0.750. The van der Waals surface area contributed by atoms with Gasteiger partial charge in [0.2, 0.25) is 5.91 Å². The summed E-state index contributed by atoms with van der Waals surface area (Å²) in [6, 6.07) is 0.478. The molecule has 0 spiro atoms. The van der Waals surface area contributed by atoms with Gasteiger partial charge in [0.1, 0.15) is 0 Å². The summed E-state index contributed by atoms with van der Waals surface area (Å²) in [7, 11) is 0. The van der Waals surface area contributed by atoms with Crippen LogP contribution < -0.4 is 0 Å². The van der Waals surface area contributed by atoms with E-state index in [9.17, 15) is 4.79 Å². The summed E-state index contributed by atoms with van der Waals surface area (Å²) in [5, 5.41) is 0. The van der Waals surface area contributed by atoms with Gasteiger partial charge >= 0.3 is 0 Å². The number of carbonyl (C=O) groups excluding carboxylic acids is 1. The molecule has 14 heavy (non-hydrogen) atoms. The Morgan fingerprint density at radius 1 is 1.50 bits per heavy atom. The summed E-state index contributed by atoms with van der Waals surface area (Å²) in [4.78, 5) is 14.0. The topological polar surface area (TPSA) is 20.3 Å². The van der Waals surface area contributed by atoms with E-state index in [1.807, 2.05) is 19.9 Å². The molecule has 1 amide bonds. The van der Waals surface area contributed by atoms with Gasteiger partial charge in [0.25, 0.3) is 0 Å². The average Bonchev–Trinajstić information content (AvgIpc) is 2.26. The first-order valence-corrected chi connectivity index (χ1v) is 5.64. The van der Waals surface area contributed by atoms with Gasteiger partial charge in [-0.05, 0) is 39.5 Å². The molecule has 0 aliphatic carbocycles. The summed E-state index contributed by atoms with van der Waals surface area (Å²) in [6.07, 6.45) is 6.61. The molecule has 0 aromatic heterocycles. The van der Waals surface area contributed by atoms with Crippen LogP contribution in [0.1, 0.15) is 46.5 Å². The molecule has 1 unspecified atom stereocenters. The lowest BCUT2D eigenvalue weighted by Crippen LogP contribution is -2.43. The summed E-state index contributed by atoms with van der Waals surface area (Å²) < 4.78 is 0. The minimum atomic E-state index is 0.235. The summed E-state index contributed by atoms with van der Waals surface area (Å²) in [5.41, 5.74) is 0.880. The Morgan fingerprint density at radius 3 is 2.79 bits per heavy atom. The van der Waals surface area contributed by atoms with E-state index in [4.69, 9.17) is 0 Å². The van der Waals surface area contributed by atoms with Crippen molar-refractivity contribution >= 4 is 5.91 Å². The molecule has 1 rings (SSSR count). The number of allylic oxidation sites excluding steroid dienone is 1. The highest BCUT2D eigenvalue weighted by atomic mass is 16.2. The highest BCUT2D eigenvalue weighted by Crippen LogP contribution is 2.21. The highest BCUT2D eigenvalue weighted by Gasteiger charge is 2.25. The van der Waals surface area contributed by atoms with E-state index in [1.165, 1.54) is 19.3 Å². The zero-order chi connectivity index (χ0) is 10.6. The zero-order valence-corrected chi connectivity index (χ0v) is 9.55. The molecular formula is C12H21NO. The second-order valence-corrected chi connectivity index (χ2v) is 4.03. The van der Waals surface area contributed by atoms with Crippen LogP contribution >= 0.6 is 0 Å². The van der Waals surface area contributed by atoms with Gasteiger partial charge in [-0.15, -0.1) is 0 Å². The Hall–Kier alpha value is -0.790. The second-order valence-electron chi connectivity index (χ2n) is 4.03. The van der Waals surface area contributed by atoms with Gasteiger partial charge in [-0.2, -0.15) is 0 Å². The van der Waals surface area contributed by atoms with Crippen LogP contribution in [0.4, 0.5) is 0 Å². The molecule has 1 saturated heterocycles. The zero-order valence-electron chi connectivity index (χ0n) is 9.55. The van der Waals surface area contributed by atoms with Gasteiger partial charge in [0, 0.05) is 18.2 Å². The van der Waals surface area contributed by atoms with E-state index in [0.717, 1.165) is 18.5 Å². The van der Waals surface area contributed by atoms with Gasteiger partial charge in [-0.1, -0.05) is 13.0 Å². The molecule has 1 atom stereocenters. The van der Waals surface area contributed by atoms with Crippen molar-refractivity contribution < 1.29 is 4.79 Å². The Balaban J connectivity index is 2.68. The van der Waals surface area contributed by atoms with Gasteiger partial charge in [-0.3, -0.25) is 4.79 Å². The lowest BCUT2D eigenvalue weighted by Gasteiger charge is -2.35. The largest absolute Gasteiger partial charge is 0.336 e. The van der Waals surface area contributed by atoms with Crippen molar-refractivity contribution in [2.24, 2.45) is 0 Å². The normalized spacial score (nSPS) is 23.8. The summed E-state index contributed by atoms with van der Waals surface area (Å²) in [5.74, 6) is 0.235. The van der Waals surface area contributed by atoms with Crippen molar-refractivity contribution in [3.05, 3.63) is 11.6 Å². The molecule has 80 valence electrons. The third-order valence-electron chi connectivity index (χ3n) is 3.13. The molecule has 2 nitrogen and oxygen atoms in total. The third-order valence-corrected chi connectivity index (χ3v) is 3.13. The lowest BCUT2D eigenvalue weighted by molar-refractivity contribution is -0.130. The summed E-state index contributed by atoms with van der Waals surface area (Å²) in [6.45, 7) is 6.95. The molecule has 1 aliphatic heterocycles. The molecule has 0 aromatic carbocycles. The number of rotatable bonds is 2. The maximum atomic E-state index is 12.0. The number of hydrogen-bond acceptors (Lipinski definition) is 1. The monoisotopic (exact) mass is 195 g/mol. The van der Waals surface area contributed by atoms with Crippen molar-refractivity contribution in [1.82, 2.24) is 4.90 Å². The van der Waals surface area contributed by atoms with Gasteiger partial charge < -0.3 is 4.90 Å². The number of likely N-dealkylation sites (tertiary alicyclic amines) is 1. The Kier molecular flexibility index (Phi) is 4.18. The predicted molar refractivity (Wildman–Crippen MR) is 59.1 cm³/mol. The fourth-order valence-corrected chi connectivity index (χ4v) is 2.04. The van der Waals surface area contributed by atoms with E-state index in [-0.39, 0.29) is 5.91 Å². The number of carbonyl (C=O) groups is 1. The quantitative estimate of drug-likeness (QED) is 0.620. The van der Waals surface area contributed by atoms with Crippen molar-refractivity contribution in [1.29, 1.82) is 0 Å². The minimum absolute atomic E-state index is 0.235. The Labute approximate surface area is 87.0 Å². The Bertz CT molecular complexity index is 232. The van der Waals surface area contributed by atoms with E-state index in [0.29, 0.717) is 6.04 Å². The van der Waals surface area contributed by atoms with Gasteiger partial charge in [-0.25, -0.2) is 0 Å². The van der Waals surface area contributed by atoms with Crippen LogP contribution in [0.2, 0.25) is 0 Å². The minimum Gasteiger partial charge on any atom is -0.336 e. The first-order chi connectivity index (χ1) is 6.70. The molecule has 0 radical (unpaired) electrons. The van der Waals surface area contributed by atoms with Crippen LogP contribution in [0.25, 0.3) is 0 Å². The molecule has 0 saturated carbocycles. The first-order valence-electron chi connectivity index (χ1n) is 5.64. The molecule has 1 heterocycles. The SMILES string of the molecule is C/C=C(\C)C(=O)N1CCCCC1CC. The standard InChI is InChI=1S/C12H21NO/c1-4-10(3)12(14)13-9-7-6-8-11(13)5-2/h4,11H,5-9H2,1-3H3/b10-4+. The fourth-order valence-electron chi connectivity index (χ4n) is 2.04. The van der Waals surface area contributed by atoms with Crippen LogP contribution in [0.15, 0.2) is 11.6 Å². The number of hydrogen-bond donors (Lipinski definition) is 0. The van der Waals surface area contributed by atoms with E-state index >= 15 is 0 Å². The van der Waals surface area contributed by atoms with E-state index in [2.05, 4.69) is 11.8 Å². The predicted octanol–water partition coefficient (Wildman–Crippen LogP) is 2.74. The third kappa shape index (κ3) is 2.37. The van der Waals surface area contributed by atoms with Crippen LogP contribution in [0, 0.1) is 0 Å². The van der Waals surface area contributed by atoms with E-state index in [1.54, 1.807) is 0 Å². The average molecular weight is 195 g/mol. The van der Waals surface area contributed by atoms with E-state index < -0.39 is 0 Å². The molecule has 1 fully saturated rings. The Morgan fingerprint density at radius 2 is 2.21 bits per heavy atom. The molecule has 0 aromatic rings. The smallest absolute Gasteiger partial charge is 0.249 e. The molecule has 0 N–H and O–H groups in total. The second kappa shape index (κ2) is 5.18. The lowest BCUT2D eigenvalue weighted by atomic mass is 9.99. The number of nitrogens with zero attached hydrogens (tertiary/aromatic N) is 1. The summed E-state index contributed by atoms with van der Waals surface area (Å²) >= 11 is 0. The maximum absolute atomic E-state index is 12.0. The van der Waals surface area contributed by atoms with Crippen LogP contribution in [-0.4, -0.2) is 23.4 Å². The molecule has 2 heteroatoms.